The maximum Gasteiger partial charge on any atom is 0.410 e. The quantitative estimate of drug-likeness (QED) is 0.305. The second kappa shape index (κ2) is 14.2. The second-order valence-corrected chi connectivity index (χ2v) is 11.2. The van der Waals surface area contributed by atoms with Crippen LogP contribution >= 0.6 is 0 Å². The average molecular weight is 584 g/mol. The summed E-state index contributed by atoms with van der Waals surface area (Å²) in [5.74, 6) is -0.564. The summed E-state index contributed by atoms with van der Waals surface area (Å²) in [6.07, 6.45) is 2.51. The molecule has 0 aromatic heterocycles. The molecule has 0 spiro atoms. The molecule has 43 heavy (non-hydrogen) atoms. The van der Waals surface area contributed by atoms with Crippen molar-refractivity contribution in [3.05, 3.63) is 101 Å². The number of rotatable bonds is 9. The number of hydrogen-bond acceptors (Lipinski definition) is 5. The lowest BCUT2D eigenvalue weighted by Gasteiger charge is -2.37. The summed E-state index contributed by atoms with van der Waals surface area (Å²) in [5, 5.41) is 3.03. The molecule has 0 radical (unpaired) electrons. The lowest BCUT2D eigenvalue weighted by Crippen LogP contribution is -2.50. The van der Waals surface area contributed by atoms with Gasteiger partial charge in [-0.2, -0.15) is 0 Å². The molecule has 2 heterocycles. The minimum atomic E-state index is -1.07. The number of amides is 3. The number of carbonyl (C=O) groups is 3. The van der Waals surface area contributed by atoms with E-state index in [0.717, 1.165) is 41.6 Å². The van der Waals surface area contributed by atoms with Gasteiger partial charge in [0.05, 0.1) is 0 Å². The smallest absolute Gasteiger partial charge is 0.410 e. The summed E-state index contributed by atoms with van der Waals surface area (Å²) in [5.41, 5.74) is 6.28. The van der Waals surface area contributed by atoms with Crippen molar-refractivity contribution in [1.82, 2.24) is 9.80 Å². The Morgan fingerprint density at radius 3 is 2.35 bits per heavy atom. The van der Waals surface area contributed by atoms with Gasteiger partial charge < -0.3 is 24.6 Å². The molecule has 1 saturated heterocycles. The highest BCUT2D eigenvalue weighted by atomic mass is 16.6. The first-order valence-corrected chi connectivity index (χ1v) is 15.4. The Balaban J connectivity index is 1.22. The molecule has 8 heteroatoms. The van der Waals surface area contributed by atoms with Gasteiger partial charge >= 0.3 is 18.1 Å². The predicted molar refractivity (Wildman–Crippen MR) is 166 cm³/mol. The van der Waals surface area contributed by atoms with Crippen molar-refractivity contribution in [1.29, 1.82) is 0 Å². The van der Waals surface area contributed by atoms with E-state index >= 15 is 0 Å². The van der Waals surface area contributed by atoms with Crippen LogP contribution in [0.1, 0.15) is 54.5 Å². The van der Waals surface area contributed by atoms with E-state index in [1.165, 1.54) is 11.1 Å². The van der Waals surface area contributed by atoms with Crippen molar-refractivity contribution >= 4 is 23.8 Å². The third-order valence-electron chi connectivity index (χ3n) is 8.49. The van der Waals surface area contributed by atoms with Gasteiger partial charge in [0.2, 0.25) is 6.10 Å². The Morgan fingerprint density at radius 1 is 0.884 bits per heavy atom. The van der Waals surface area contributed by atoms with Gasteiger partial charge in [-0.1, -0.05) is 80.6 Å². The summed E-state index contributed by atoms with van der Waals surface area (Å²) in [7, 11) is 0. The van der Waals surface area contributed by atoms with E-state index in [2.05, 4.69) is 31.3 Å². The number of carbonyl (C=O) groups excluding carboxylic acids is 3. The van der Waals surface area contributed by atoms with Crippen molar-refractivity contribution in [2.24, 2.45) is 0 Å². The Kier molecular flexibility index (Phi) is 9.97. The molecule has 0 aliphatic carbocycles. The normalized spacial score (nSPS) is 16.1. The number of urea groups is 1. The highest BCUT2D eigenvalue weighted by Crippen LogP contribution is 2.25. The molecule has 1 N–H and O–H groups in total. The molecule has 1 fully saturated rings. The number of nitrogens with one attached hydrogen (secondary N) is 1. The van der Waals surface area contributed by atoms with Crippen molar-refractivity contribution in [3.63, 3.8) is 0 Å². The Bertz CT molecular complexity index is 1420. The molecule has 8 nitrogen and oxygen atoms in total. The molecule has 3 aromatic rings. The number of nitrogens with zero attached hydrogens (tertiary/aromatic N) is 2. The van der Waals surface area contributed by atoms with E-state index in [1.807, 2.05) is 65.6 Å². The maximum atomic E-state index is 13.4. The van der Waals surface area contributed by atoms with Gasteiger partial charge in [-0.15, -0.1) is 0 Å². The molecule has 226 valence electrons. The standard InChI is InChI=1S/C35H41N3O5/c1-3-27-15-14-26(22-28(27)4-2)23-32(33(39)42-24-25-10-6-5-7-11-25)43-35(41)37-19-17-30(18-20-37)38-21-16-29-12-8-9-13-31(29)36-34(38)40/h5-15,22,30,32H,3-4,16-21,23-24H2,1-2H3,(H,36,40)/t32-/m0/s1. The summed E-state index contributed by atoms with van der Waals surface area (Å²) in [4.78, 5) is 43.1. The first kappa shape index (κ1) is 30.1. The number of hydrogen-bond donors (Lipinski definition) is 1. The Hall–Kier alpha value is -4.33. The maximum absolute atomic E-state index is 13.4. The van der Waals surface area contributed by atoms with Crippen molar-refractivity contribution in [2.45, 2.75) is 71.1 Å². The zero-order valence-corrected chi connectivity index (χ0v) is 25.1. The topological polar surface area (TPSA) is 88.2 Å². The first-order chi connectivity index (χ1) is 20.9. The first-order valence-electron chi connectivity index (χ1n) is 15.4. The number of fused-ring (bicyclic) bond motifs is 1. The van der Waals surface area contributed by atoms with Gasteiger partial charge in [0.1, 0.15) is 6.61 Å². The van der Waals surface area contributed by atoms with Gasteiger partial charge in [0.25, 0.3) is 0 Å². The van der Waals surface area contributed by atoms with Gasteiger partial charge in [-0.25, -0.2) is 14.4 Å². The number of para-hydroxylation sites is 1. The van der Waals surface area contributed by atoms with Gasteiger partial charge in [-0.3, -0.25) is 0 Å². The van der Waals surface area contributed by atoms with E-state index in [0.29, 0.717) is 32.5 Å². The molecule has 5 rings (SSSR count). The van der Waals surface area contributed by atoms with E-state index in [-0.39, 0.29) is 25.1 Å². The van der Waals surface area contributed by atoms with Crippen LogP contribution in [0.3, 0.4) is 0 Å². The molecule has 0 saturated carbocycles. The van der Waals surface area contributed by atoms with Crippen LogP contribution in [-0.4, -0.2) is 59.7 Å². The van der Waals surface area contributed by atoms with Gasteiger partial charge in [0.15, 0.2) is 0 Å². The average Bonchev–Trinajstić information content (AvgIpc) is 3.21. The molecule has 2 aliphatic rings. The van der Waals surface area contributed by atoms with E-state index < -0.39 is 18.2 Å². The minimum absolute atomic E-state index is 0.0227. The van der Waals surface area contributed by atoms with Gasteiger partial charge in [0, 0.05) is 37.8 Å². The number of anilines is 1. The monoisotopic (exact) mass is 583 g/mol. The fraction of sp³-hybridized carbons (Fsp3) is 0.400. The Labute approximate surface area is 254 Å². The summed E-state index contributed by atoms with van der Waals surface area (Å²) in [6.45, 7) is 5.86. The van der Waals surface area contributed by atoms with Crippen LogP contribution in [0.4, 0.5) is 15.3 Å². The number of piperidine rings is 1. The van der Waals surface area contributed by atoms with Crippen LogP contribution in [0.2, 0.25) is 0 Å². The highest BCUT2D eigenvalue weighted by Gasteiger charge is 2.34. The molecular formula is C35H41N3O5. The molecule has 1 atom stereocenters. The van der Waals surface area contributed by atoms with E-state index in [1.54, 1.807) is 4.90 Å². The summed E-state index contributed by atoms with van der Waals surface area (Å²) < 4.78 is 11.5. The summed E-state index contributed by atoms with van der Waals surface area (Å²) >= 11 is 0. The minimum Gasteiger partial charge on any atom is -0.458 e. The van der Waals surface area contributed by atoms with Crippen molar-refractivity contribution in [2.75, 3.05) is 25.0 Å². The molecule has 0 bridgehead atoms. The van der Waals surface area contributed by atoms with Crippen LogP contribution < -0.4 is 5.32 Å². The SMILES string of the molecule is CCc1ccc(C[C@H](OC(=O)N2CCC(N3CCc4ccccc4NC3=O)CC2)C(=O)OCc2ccccc2)cc1CC. The van der Waals surface area contributed by atoms with Gasteiger partial charge in [-0.05, 0) is 66.0 Å². The number of benzene rings is 3. The zero-order chi connectivity index (χ0) is 30.2. The summed E-state index contributed by atoms with van der Waals surface area (Å²) in [6, 6.07) is 23.4. The predicted octanol–water partition coefficient (Wildman–Crippen LogP) is 6.16. The third kappa shape index (κ3) is 7.55. The lowest BCUT2D eigenvalue weighted by molar-refractivity contribution is -0.155. The number of ether oxygens (including phenoxy) is 2. The van der Waals surface area contributed by atoms with Crippen LogP contribution in [0.15, 0.2) is 72.8 Å². The lowest BCUT2D eigenvalue weighted by atomic mass is 9.97. The zero-order valence-electron chi connectivity index (χ0n) is 25.1. The van der Waals surface area contributed by atoms with E-state index in [9.17, 15) is 14.4 Å². The van der Waals surface area contributed by atoms with Crippen molar-refractivity contribution in [3.8, 4) is 0 Å². The third-order valence-corrected chi connectivity index (χ3v) is 8.49. The van der Waals surface area contributed by atoms with Crippen LogP contribution in [0, 0.1) is 0 Å². The second-order valence-electron chi connectivity index (χ2n) is 11.2. The number of likely N-dealkylation sites (tertiary alicyclic amines) is 1. The van der Waals surface area contributed by atoms with Crippen LogP contribution in [-0.2, 0) is 46.6 Å². The Morgan fingerprint density at radius 2 is 1.60 bits per heavy atom. The molecule has 2 aliphatic heterocycles. The fourth-order valence-electron chi connectivity index (χ4n) is 5.98. The molecule has 3 aromatic carbocycles. The molecular weight excluding hydrogens is 542 g/mol. The largest absolute Gasteiger partial charge is 0.458 e. The molecule has 3 amide bonds. The van der Waals surface area contributed by atoms with Crippen LogP contribution in [0.5, 0.6) is 0 Å². The number of aryl methyl sites for hydroxylation is 2. The number of esters is 1. The van der Waals surface area contributed by atoms with E-state index in [4.69, 9.17) is 9.47 Å². The highest BCUT2D eigenvalue weighted by molar-refractivity contribution is 5.91. The van der Waals surface area contributed by atoms with Crippen molar-refractivity contribution < 1.29 is 23.9 Å². The fourth-order valence-corrected chi connectivity index (χ4v) is 5.98. The molecule has 0 unspecified atom stereocenters. The van der Waals surface area contributed by atoms with Crippen LogP contribution in [0.25, 0.3) is 0 Å².